The lowest BCUT2D eigenvalue weighted by atomic mass is 9.98. The Balaban J connectivity index is 1.66. The van der Waals surface area contributed by atoms with Gasteiger partial charge in [-0.25, -0.2) is 9.37 Å². The number of hydrogen-bond donors (Lipinski definition) is 1. The number of amides is 2. The van der Waals surface area contributed by atoms with E-state index in [1.807, 2.05) is 0 Å². The van der Waals surface area contributed by atoms with Crippen molar-refractivity contribution in [1.29, 1.82) is 0 Å². The lowest BCUT2D eigenvalue weighted by molar-refractivity contribution is -0.122. The molecular weight excluding hydrogens is 454 g/mol. The molecule has 0 aliphatic carbocycles. The van der Waals surface area contributed by atoms with E-state index in [2.05, 4.69) is 21.9 Å². The van der Waals surface area contributed by atoms with Gasteiger partial charge in [0.25, 0.3) is 0 Å². The SMILES string of the molecule is C=C(OCC)c1ccc(NC(=O)CN2C(=O)C(C)c3ncccc3-c3c2cc(C)nc3F)cc1F. The van der Waals surface area contributed by atoms with Crippen molar-refractivity contribution in [3.8, 4) is 11.1 Å². The number of pyridine rings is 2. The fourth-order valence-electron chi connectivity index (χ4n) is 4.10. The average Bonchev–Trinajstić information content (AvgIpc) is 2.89. The Morgan fingerprint density at radius 3 is 2.74 bits per heavy atom. The van der Waals surface area contributed by atoms with Crippen molar-refractivity contribution in [2.45, 2.75) is 26.7 Å². The molecule has 1 aliphatic heterocycles. The Hall–Kier alpha value is -4.14. The lowest BCUT2D eigenvalue weighted by Crippen LogP contribution is -2.40. The molecule has 4 rings (SSSR count). The second-order valence-electron chi connectivity index (χ2n) is 8.13. The van der Waals surface area contributed by atoms with Gasteiger partial charge in [-0.15, -0.1) is 0 Å². The highest BCUT2D eigenvalue weighted by atomic mass is 19.1. The van der Waals surface area contributed by atoms with Crippen LogP contribution in [0.15, 0.2) is 49.2 Å². The number of benzene rings is 1. The molecule has 1 aliphatic rings. The van der Waals surface area contributed by atoms with Gasteiger partial charge in [-0.05, 0) is 51.1 Å². The molecule has 7 nitrogen and oxygen atoms in total. The summed E-state index contributed by atoms with van der Waals surface area (Å²) >= 11 is 0. The van der Waals surface area contributed by atoms with Gasteiger partial charge in [-0.1, -0.05) is 12.6 Å². The van der Waals surface area contributed by atoms with Crippen molar-refractivity contribution in [1.82, 2.24) is 9.97 Å². The van der Waals surface area contributed by atoms with Gasteiger partial charge in [0, 0.05) is 23.1 Å². The summed E-state index contributed by atoms with van der Waals surface area (Å²) in [4.78, 5) is 35.8. The van der Waals surface area contributed by atoms with Crippen LogP contribution in [0.5, 0.6) is 0 Å². The highest BCUT2D eigenvalue weighted by Gasteiger charge is 2.35. The van der Waals surface area contributed by atoms with Crippen LogP contribution in [-0.2, 0) is 14.3 Å². The molecule has 3 aromatic rings. The molecule has 0 saturated heterocycles. The molecule has 1 aromatic carbocycles. The Morgan fingerprint density at radius 2 is 2.03 bits per heavy atom. The largest absolute Gasteiger partial charge is 0.494 e. The molecule has 2 amide bonds. The molecule has 2 aromatic heterocycles. The minimum Gasteiger partial charge on any atom is -0.494 e. The smallest absolute Gasteiger partial charge is 0.244 e. The molecule has 0 spiro atoms. The van der Waals surface area contributed by atoms with Gasteiger partial charge in [0.15, 0.2) is 0 Å². The Kier molecular flexibility index (Phi) is 6.59. The fourth-order valence-corrected chi connectivity index (χ4v) is 4.10. The first-order chi connectivity index (χ1) is 16.7. The Morgan fingerprint density at radius 1 is 1.26 bits per heavy atom. The number of nitrogens with one attached hydrogen (secondary N) is 1. The predicted molar refractivity (Wildman–Crippen MR) is 129 cm³/mol. The van der Waals surface area contributed by atoms with Crippen molar-refractivity contribution in [3.05, 3.63) is 77.9 Å². The maximum atomic E-state index is 15.1. The fraction of sp³-hybridized carbons (Fsp3) is 0.231. The molecule has 0 fully saturated rings. The van der Waals surface area contributed by atoms with Crippen LogP contribution in [0.3, 0.4) is 0 Å². The summed E-state index contributed by atoms with van der Waals surface area (Å²) in [6, 6.07) is 8.99. The third-order valence-corrected chi connectivity index (χ3v) is 5.70. The summed E-state index contributed by atoms with van der Waals surface area (Å²) in [7, 11) is 0. The number of rotatable bonds is 6. The summed E-state index contributed by atoms with van der Waals surface area (Å²) in [5.74, 6) is -2.92. The number of aryl methyl sites for hydroxylation is 1. The normalized spacial score (nSPS) is 14.6. The van der Waals surface area contributed by atoms with Crippen LogP contribution >= 0.6 is 0 Å². The zero-order chi connectivity index (χ0) is 25.3. The number of anilines is 2. The summed E-state index contributed by atoms with van der Waals surface area (Å²) in [5.41, 5.74) is 1.91. The standard InChI is InChI=1S/C26H24F2N4O3/c1-5-35-16(4)18-9-8-17(12-20(18)27)31-22(33)13-32-21-11-14(2)30-25(28)23(21)19-7-6-10-29-24(19)15(3)26(32)34/h6-12,15H,4-5,13H2,1-3H3,(H,31,33). The van der Waals surface area contributed by atoms with E-state index in [9.17, 15) is 14.0 Å². The van der Waals surface area contributed by atoms with Crippen LogP contribution in [0.4, 0.5) is 20.2 Å². The quantitative estimate of drug-likeness (QED) is 0.405. The van der Waals surface area contributed by atoms with Crippen LogP contribution in [0.1, 0.15) is 36.7 Å². The van der Waals surface area contributed by atoms with Gasteiger partial charge in [0.2, 0.25) is 17.8 Å². The summed E-state index contributed by atoms with van der Waals surface area (Å²) in [6.07, 6.45) is 1.53. The number of halogens is 2. The molecule has 0 saturated carbocycles. The van der Waals surface area contributed by atoms with E-state index in [0.29, 0.717) is 23.6 Å². The average molecular weight is 478 g/mol. The number of carbonyl (C=O) groups is 2. The van der Waals surface area contributed by atoms with Crippen LogP contribution < -0.4 is 10.2 Å². The van der Waals surface area contributed by atoms with Gasteiger partial charge in [0.05, 0.1) is 35.0 Å². The van der Waals surface area contributed by atoms with E-state index < -0.39 is 36.0 Å². The third kappa shape index (κ3) is 4.62. The lowest BCUT2D eigenvalue weighted by Gasteiger charge is -2.24. The van der Waals surface area contributed by atoms with Gasteiger partial charge >= 0.3 is 0 Å². The van der Waals surface area contributed by atoms with Crippen LogP contribution in [0.25, 0.3) is 16.9 Å². The van der Waals surface area contributed by atoms with E-state index in [1.54, 1.807) is 39.0 Å². The second-order valence-corrected chi connectivity index (χ2v) is 8.13. The number of aromatic nitrogens is 2. The molecule has 1 N–H and O–H groups in total. The molecule has 3 heterocycles. The van der Waals surface area contributed by atoms with Crippen LogP contribution in [-0.4, -0.2) is 34.9 Å². The molecule has 180 valence electrons. The molecule has 9 heteroatoms. The first-order valence-corrected chi connectivity index (χ1v) is 11.1. The zero-order valence-corrected chi connectivity index (χ0v) is 19.6. The van der Waals surface area contributed by atoms with Crippen molar-refractivity contribution in [2.24, 2.45) is 0 Å². The van der Waals surface area contributed by atoms with E-state index >= 15 is 4.39 Å². The summed E-state index contributed by atoms with van der Waals surface area (Å²) in [5, 5.41) is 2.60. The molecule has 1 unspecified atom stereocenters. The van der Waals surface area contributed by atoms with E-state index in [-0.39, 0.29) is 28.3 Å². The predicted octanol–water partition coefficient (Wildman–Crippen LogP) is 4.83. The molecular formula is C26H24F2N4O3. The first kappa shape index (κ1) is 24.0. The molecule has 1 atom stereocenters. The van der Waals surface area contributed by atoms with E-state index in [1.165, 1.54) is 23.2 Å². The van der Waals surface area contributed by atoms with E-state index in [4.69, 9.17) is 4.74 Å². The second kappa shape index (κ2) is 9.61. The van der Waals surface area contributed by atoms with Crippen molar-refractivity contribution >= 4 is 28.9 Å². The van der Waals surface area contributed by atoms with Gasteiger partial charge in [0.1, 0.15) is 18.1 Å². The molecule has 35 heavy (non-hydrogen) atoms. The highest BCUT2D eigenvalue weighted by molar-refractivity contribution is 6.09. The first-order valence-electron chi connectivity index (χ1n) is 11.1. The highest BCUT2D eigenvalue weighted by Crippen LogP contribution is 2.41. The zero-order valence-electron chi connectivity index (χ0n) is 19.6. The van der Waals surface area contributed by atoms with Crippen molar-refractivity contribution < 1.29 is 23.1 Å². The summed E-state index contributed by atoms with van der Waals surface area (Å²) in [6.45, 7) is 8.63. The van der Waals surface area contributed by atoms with E-state index in [0.717, 1.165) is 6.07 Å². The van der Waals surface area contributed by atoms with Crippen molar-refractivity contribution in [2.75, 3.05) is 23.4 Å². The van der Waals surface area contributed by atoms with Crippen molar-refractivity contribution in [3.63, 3.8) is 0 Å². The number of nitrogens with zero attached hydrogens (tertiary/aromatic N) is 3. The van der Waals surface area contributed by atoms with Gasteiger partial charge < -0.3 is 15.0 Å². The van der Waals surface area contributed by atoms with Gasteiger partial charge in [-0.3, -0.25) is 14.6 Å². The molecule has 0 radical (unpaired) electrons. The van der Waals surface area contributed by atoms with Crippen LogP contribution in [0, 0.1) is 18.7 Å². The van der Waals surface area contributed by atoms with Gasteiger partial charge in [-0.2, -0.15) is 4.39 Å². The maximum absolute atomic E-state index is 15.1. The monoisotopic (exact) mass is 478 g/mol. The number of fused-ring (bicyclic) bond motifs is 3. The Bertz CT molecular complexity index is 1340. The Labute approximate surface area is 201 Å². The number of carbonyl (C=O) groups excluding carboxylic acids is 2. The topological polar surface area (TPSA) is 84.4 Å². The number of ether oxygens (including phenoxy) is 1. The summed E-state index contributed by atoms with van der Waals surface area (Å²) < 4.78 is 34.8. The third-order valence-electron chi connectivity index (χ3n) is 5.70. The number of hydrogen-bond acceptors (Lipinski definition) is 5. The maximum Gasteiger partial charge on any atom is 0.244 e. The molecule has 0 bridgehead atoms. The minimum atomic E-state index is -0.756. The minimum absolute atomic E-state index is 0.106. The van der Waals surface area contributed by atoms with Crippen LogP contribution in [0.2, 0.25) is 0 Å².